The van der Waals surface area contributed by atoms with Gasteiger partial charge in [0.15, 0.2) is 17.0 Å². The molecule has 2 aliphatic rings. The summed E-state index contributed by atoms with van der Waals surface area (Å²) in [6.45, 7) is 1.96. The van der Waals surface area contributed by atoms with Gasteiger partial charge in [-0.05, 0) is 30.7 Å². The number of rotatable bonds is 3. The number of benzene rings is 1. The Morgan fingerprint density at radius 3 is 2.58 bits per heavy atom. The molecule has 0 saturated carbocycles. The monoisotopic (exact) mass is 340 g/mol. The van der Waals surface area contributed by atoms with Crippen LogP contribution >= 0.6 is 11.7 Å². The summed E-state index contributed by atoms with van der Waals surface area (Å²) in [4.78, 5) is 13.5. The molecule has 0 amide bonds. The molecule has 0 N–H and O–H groups in total. The molecule has 122 valence electrons. The van der Waals surface area contributed by atoms with E-state index in [1.165, 1.54) is 17.4 Å². The summed E-state index contributed by atoms with van der Waals surface area (Å²) < 4.78 is 13.9. The number of anilines is 2. The highest BCUT2D eigenvalue weighted by Gasteiger charge is 2.44. The van der Waals surface area contributed by atoms with Gasteiger partial charge in [-0.3, -0.25) is 0 Å². The third-order valence-corrected chi connectivity index (χ3v) is 5.48. The van der Waals surface area contributed by atoms with E-state index >= 15 is 0 Å². The van der Waals surface area contributed by atoms with Gasteiger partial charge in [0, 0.05) is 24.8 Å². The maximum atomic E-state index is 5.25. The van der Waals surface area contributed by atoms with E-state index in [9.17, 15) is 0 Å². The zero-order valence-electron chi connectivity index (χ0n) is 13.2. The van der Waals surface area contributed by atoms with Crippen LogP contribution in [0.3, 0.4) is 0 Å². The van der Waals surface area contributed by atoms with Crippen molar-refractivity contribution in [1.29, 1.82) is 0 Å². The van der Waals surface area contributed by atoms with Crippen molar-refractivity contribution in [2.45, 2.75) is 18.5 Å². The van der Waals surface area contributed by atoms with Gasteiger partial charge in [-0.1, -0.05) is 0 Å². The lowest BCUT2D eigenvalue weighted by Gasteiger charge is -2.36. The van der Waals surface area contributed by atoms with Gasteiger partial charge < -0.3 is 14.5 Å². The molecule has 0 spiro atoms. The maximum Gasteiger partial charge on any atom is 0.198 e. The van der Waals surface area contributed by atoms with Crippen LogP contribution < -0.4 is 14.5 Å². The minimum atomic E-state index is 0.455. The normalized spacial score (nSPS) is 22.5. The Morgan fingerprint density at radius 1 is 1.04 bits per heavy atom. The molecule has 4 heterocycles. The summed E-state index contributed by atoms with van der Waals surface area (Å²) >= 11 is 1.20. The van der Waals surface area contributed by atoms with Gasteiger partial charge >= 0.3 is 0 Å². The Balaban J connectivity index is 1.41. The van der Waals surface area contributed by atoms with E-state index in [-0.39, 0.29) is 0 Å². The van der Waals surface area contributed by atoms with Gasteiger partial charge in [0.2, 0.25) is 0 Å². The third-order valence-electron chi connectivity index (χ3n) is 4.96. The van der Waals surface area contributed by atoms with Gasteiger partial charge in [0.1, 0.15) is 12.1 Å². The van der Waals surface area contributed by atoms with Crippen LogP contribution in [-0.4, -0.2) is 51.0 Å². The highest BCUT2D eigenvalue weighted by molar-refractivity contribution is 7.00. The lowest BCUT2D eigenvalue weighted by atomic mass is 10.2. The van der Waals surface area contributed by atoms with Crippen LogP contribution in [-0.2, 0) is 0 Å². The van der Waals surface area contributed by atoms with Gasteiger partial charge in [0.05, 0.1) is 24.9 Å². The second kappa shape index (κ2) is 5.27. The first-order chi connectivity index (χ1) is 11.8. The Labute approximate surface area is 143 Å². The topological polar surface area (TPSA) is 67.3 Å². The zero-order chi connectivity index (χ0) is 16.1. The van der Waals surface area contributed by atoms with Crippen LogP contribution in [0.2, 0.25) is 0 Å². The summed E-state index contributed by atoms with van der Waals surface area (Å²) in [5.74, 6) is 1.82. The van der Waals surface area contributed by atoms with Gasteiger partial charge in [-0.2, -0.15) is 8.75 Å². The van der Waals surface area contributed by atoms with Gasteiger partial charge in [-0.15, -0.1) is 0 Å². The molecule has 2 aliphatic heterocycles. The minimum Gasteiger partial charge on any atom is -0.497 e. The Hall–Kier alpha value is -2.48. The predicted octanol–water partition coefficient (Wildman–Crippen LogP) is 1.96. The Bertz CT molecular complexity index is 882. The molecule has 0 unspecified atom stereocenters. The highest BCUT2D eigenvalue weighted by atomic mass is 32.1. The standard InChI is InChI=1S/C16H16N6OS/c1-23-13-4-2-10(3-5-13)21-7-12-6-11(21)8-22(12)16-14-15(17-9-18-16)20-24-19-14/h2-5,9,11-12H,6-8H2,1H3/t11-,12+/m0/s1. The molecule has 7 nitrogen and oxygen atoms in total. The SMILES string of the molecule is COc1ccc(N2C[C@H]3C[C@H]2CN3c2ncnc3nsnc23)cc1. The van der Waals surface area contributed by atoms with E-state index in [2.05, 4.69) is 40.6 Å². The molecule has 5 rings (SSSR count). The first-order valence-electron chi connectivity index (χ1n) is 7.94. The van der Waals surface area contributed by atoms with Crippen LogP contribution in [0.1, 0.15) is 6.42 Å². The van der Waals surface area contributed by atoms with Crippen LogP contribution in [0.15, 0.2) is 30.6 Å². The van der Waals surface area contributed by atoms with Crippen LogP contribution in [0.5, 0.6) is 5.75 Å². The van der Waals surface area contributed by atoms with Crippen LogP contribution in [0.4, 0.5) is 11.5 Å². The van der Waals surface area contributed by atoms with Crippen molar-refractivity contribution < 1.29 is 4.74 Å². The first-order valence-corrected chi connectivity index (χ1v) is 8.67. The van der Waals surface area contributed by atoms with E-state index in [1.807, 2.05) is 12.1 Å². The molecule has 3 aromatic rings. The van der Waals surface area contributed by atoms with Crippen molar-refractivity contribution in [3.63, 3.8) is 0 Å². The average molecular weight is 340 g/mol. The smallest absolute Gasteiger partial charge is 0.198 e. The minimum absolute atomic E-state index is 0.455. The molecule has 2 saturated heterocycles. The number of methoxy groups -OCH3 is 1. The van der Waals surface area contributed by atoms with Gasteiger partial charge in [0.25, 0.3) is 0 Å². The summed E-state index contributed by atoms with van der Waals surface area (Å²) in [6, 6.07) is 9.27. The number of piperazine rings is 1. The number of fused-ring (bicyclic) bond motifs is 3. The first kappa shape index (κ1) is 13.9. The fourth-order valence-corrected chi connectivity index (χ4v) is 4.33. The largest absolute Gasteiger partial charge is 0.497 e. The van der Waals surface area contributed by atoms with Crippen LogP contribution in [0.25, 0.3) is 11.2 Å². The molecule has 2 atom stereocenters. The number of aromatic nitrogens is 4. The summed E-state index contributed by atoms with van der Waals surface area (Å²) in [7, 11) is 1.69. The third kappa shape index (κ3) is 2.02. The van der Waals surface area contributed by atoms with E-state index in [4.69, 9.17) is 4.74 Å². The predicted molar refractivity (Wildman–Crippen MR) is 92.9 cm³/mol. The van der Waals surface area contributed by atoms with E-state index in [1.54, 1.807) is 13.4 Å². The molecule has 1 aromatic carbocycles. The summed E-state index contributed by atoms with van der Waals surface area (Å²) in [6.07, 6.45) is 2.74. The van der Waals surface area contributed by atoms with E-state index < -0.39 is 0 Å². The second-order valence-electron chi connectivity index (χ2n) is 6.18. The number of hydrogen-bond donors (Lipinski definition) is 0. The van der Waals surface area contributed by atoms with Crippen molar-refractivity contribution >= 4 is 34.4 Å². The summed E-state index contributed by atoms with van der Waals surface area (Å²) in [5, 5.41) is 0. The number of hydrogen-bond acceptors (Lipinski definition) is 8. The molecule has 2 fully saturated rings. The zero-order valence-corrected chi connectivity index (χ0v) is 14.0. The summed E-state index contributed by atoms with van der Waals surface area (Å²) in [5.41, 5.74) is 2.77. The molecule has 2 aromatic heterocycles. The lowest BCUT2D eigenvalue weighted by Crippen LogP contribution is -2.47. The molecular weight excluding hydrogens is 324 g/mol. The number of ether oxygens (including phenoxy) is 1. The van der Waals surface area contributed by atoms with Crippen LogP contribution in [0, 0.1) is 0 Å². The highest BCUT2D eigenvalue weighted by Crippen LogP contribution is 2.38. The fourth-order valence-electron chi connectivity index (χ4n) is 3.84. The van der Waals surface area contributed by atoms with Crippen molar-refractivity contribution in [1.82, 2.24) is 18.7 Å². The molecule has 24 heavy (non-hydrogen) atoms. The van der Waals surface area contributed by atoms with E-state index in [0.717, 1.165) is 36.6 Å². The van der Waals surface area contributed by atoms with E-state index in [0.29, 0.717) is 17.7 Å². The number of nitrogens with zero attached hydrogens (tertiary/aromatic N) is 6. The lowest BCUT2D eigenvalue weighted by molar-refractivity contribution is 0.415. The van der Waals surface area contributed by atoms with Crippen molar-refractivity contribution in [2.75, 3.05) is 30.0 Å². The van der Waals surface area contributed by atoms with Crippen molar-refractivity contribution in [3.05, 3.63) is 30.6 Å². The molecule has 8 heteroatoms. The van der Waals surface area contributed by atoms with Gasteiger partial charge in [-0.25, -0.2) is 9.97 Å². The molecule has 0 aliphatic carbocycles. The molecule has 2 bridgehead atoms. The second-order valence-corrected chi connectivity index (χ2v) is 6.71. The Kier molecular flexibility index (Phi) is 3.05. The fraction of sp³-hybridized carbons (Fsp3) is 0.375. The van der Waals surface area contributed by atoms with Crippen molar-refractivity contribution in [3.8, 4) is 5.75 Å². The molecular formula is C16H16N6OS. The maximum absolute atomic E-state index is 5.25. The average Bonchev–Trinajstić information content (AvgIpc) is 3.36. The Morgan fingerprint density at radius 2 is 1.83 bits per heavy atom. The molecule has 0 radical (unpaired) electrons. The quantitative estimate of drug-likeness (QED) is 0.722. The van der Waals surface area contributed by atoms with Crippen molar-refractivity contribution in [2.24, 2.45) is 0 Å².